The zero-order valence-electron chi connectivity index (χ0n) is 17.4. The van der Waals surface area contributed by atoms with Crippen molar-refractivity contribution in [3.8, 4) is 5.75 Å². The molecule has 1 fully saturated rings. The molecule has 4 rings (SSSR count). The van der Waals surface area contributed by atoms with Crippen molar-refractivity contribution in [3.63, 3.8) is 0 Å². The van der Waals surface area contributed by atoms with Crippen LogP contribution in [0.3, 0.4) is 0 Å². The van der Waals surface area contributed by atoms with Crippen LogP contribution < -0.4 is 4.74 Å². The van der Waals surface area contributed by atoms with Crippen molar-refractivity contribution in [1.29, 1.82) is 0 Å². The number of carbonyl (C=O) groups excluding carboxylic acids is 1. The molecule has 1 atom stereocenters. The van der Waals surface area contributed by atoms with Crippen molar-refractivity contribution in [2.45, 2.75) is 45.6 Å². The van der Waals surface area contributed by atoms with Crippen LogP contribution in [0.5, 0.6) is 5.75 Å². The van der Waals surface area contributed by atoms with Gasteiger partial charge in [0, 0.05) is 38.4 Å². The molecule has 1 amide bonds. The van der Waals surface area contributed by atoms with Gasteiger partial charge in [-0.25, -0.2) is 14.6 Å². The summed E-state index contributed by atoms with van der Waals surface area (Å²) in [4.78, 5) is 23.6. The minimum absolute atomic E-state index is 0.0362. The fourth-order valence-corrected chi connectivity index (χ4v) is 4.08. The van der Waals surface area contributed by atoms with Gasteiger partial charge < -0.3 is 9.64 Å². The second kappa shape index (κ2) is 7.81. The number of hydrogen-bond acceptors (Lipinski definition) is 5. The molecular formula is C22H27N5O2. The molecule has 3 heterocycles. The Morgan fingerprint density at radius 2 is 1.90 bits per heavy atom. The van der Waals surface area contributed by atoms with Crippen LogP contribution in [-0.4, -0.2) is 49.7 Å². The summed E-state index contributed by atoms with van der Waals surface area (Å²) >= 11 is 0. The Labute approximate surface area is 170 Å². The van der Waals surface area contributed by atoms with Gasteiger partial charge in [0.05, 0.1) is 5.69 Å². The number of rotatable bonds is 4. The molecule has 1 aromatic carbocycles. The Bertz CT molecular complexity index is 1040. The van der Waals surface area contributed by atoms with E-state index < -0.39 is 6.10 Å². The van der Waals surface area contributed by atoms with Gasteiger partial charge >= 0.3 is 0 Å². The number of aromatic nitrogens is 4. The smallest absolute Gasteiger partial charge is 0.263 e. The van der Waals surface area contributed by atoms with Crippen LogP contribution in [0.1, 0.15) is 42.5 Å². The molecule has 1 saturated heterocycles. The van der Waals surface area contributed by atoms with E-state index in [-0.39, 0.29) is 11.8 Å². The van der Waals surface area contributed by atoms with Crippen molar-refractivity contribution >= 4 is 17.1 Å². The number of fused-ring (bicyclic) bond motifs is 1. The Morgan fingerprint density at radius 3 is 2.62 bits per heavy atom. The highest BCUT2D eigenvalue weighted by atomic mass is 16.5. The van der Waals surface area contributed by atoms with Gasteiger partial charge in [-0.1, -0.05) is 17.7 Å². The number of piperidine rings is 1. The largest absolute Gasteiger partial charge is 0.481 e. The maximum absolute atomic E-state index is 12.9. The highest BCUT2D eigenvalue weighted by Crippen LogP contribution is 2.31. The molecular weight excluding hydrogens is 366 g/mol. The van der Waals surface area contributed by atoms with Gasteiger partial charge in [-0.3, -0.25) is 4.79 Å². The van der Waals surface area contributed by atoms with Crippen LogP contribution in [0.4, 0.5) is 0 Å². The van der Waals surface area contributed by atoms with E-state index in [2.05, 4.69) is 21.1 Å². The summed E-state index contributed by atoms with van der Waals surface area (Å²) < 4.78 is 7.75. The first-order valence-corrected chi connectivity index (χ1v) is 10.1. The molecule has 0 unspecified atom stereocenters. The van der Waals surface area contributed by atoms with Crippen molar-refractivity contribution < 1.29 is 9.53 Å². The molecule has 2 aromatic heterocycles. The average molecular weight is 393 g/mol. The van der Waals surface area contributed by atoms with E-state index in [0.717, 1.165) is 41.0 Å². The van der Waals surface area contributed by atoms with Gasteiger partial charge in [0.2, 0.25) is 0 Å². The quantitative estimate of drug-likeness (QED) is 0.681. The van der Waals surface area contributed by atoms with Crippen LogP contribution >= 0.6 is 0 Å². The number of aryl methyl sites for hydroxylation is 3. The van der Waals surface area contributed by atoms with Crippen LogP contribution in [-0.2, 0) is 11.8 Å². The van der Waals surface area contributed by atoms with Gasteiger partial charge in [0.15, 0.2) is 11.8 Å². The lowest BCUT2D eigenvalue weighted by Gasteiger charge is -2.33. The molecule has 1 aliphatic rings. The zero-order valence-corrected chi connectivity index (χ0v) is 17.4. The second-order valence-electron chi connectivity index (χ2n) is 7.87. The predicted molar refractivity (Wildman–Crippen MR) is 111 cm³/mol. The lowest BCUT2D eigenvalue weighted by atomic mass is 9.93. The van der Waals surface area contributed by atoms with Crippen molar-refractivity contribution in [3.05, 3.63) is 47.4 Å². The third kappa shape index (κ3) is 3.81. The van der Waals surface area contributed by atoms with Gasteiger partial charge in [0.1, 0.15) is 11.3 Å². The minimum Gasteiger partial charge on any atom is -0.481 e. The molecule has 0 saturated carbocycles. The molecule has 1 aliphatic heterocycles. The molecule has 0 radical (unpaired) electrons. The summed E-state index contributed by atoms with van der Waals surface area (Å²) in [6, 6.07) is 6.01. The normalized spacial score (nSPS) is 16.2. The molecule has 0 N–H and O–H groups in total. The van der Waals surface area contributed by atoms with Gasteiger partial charge in [-0.05, 0) is 45.2 Å². The highest BCUT2D eigenvalue weighted by molar-refractivity contribution is 5.81. The highest BCUT2D eigenvalue weighted by Gasteiger charge is 2.30. The fraction of sp³-hybridized carbons (Fsp3) is 0.455. The zero-order chi connectivity index (χ0) is 20.5. The number of ether oxygens (including phenoxy) is 1. The number of hydrogen-bond donors (Lipinski definition) is 0. The SMILES string of the molecule is Cc1ccc(O[C@H](C)C(=O)N2CCC(c3nn(C)c4nccnc34)CC2)c(C)c1. The topological polar surface area (TPSA) is 73.1 Å². The van der Waals surface area contributed by atoms with Crippen LogP contribution in [0.25, 0.3) is 11.2 Å². The predicted octanol–water partition coefficient (Wildman–Crippen LogP) is 3.15. The molecule has 152 valence electrons. The first-order chi connectivity index (χ1) is 13.9. The Morgan fingerprint density at radius 1 is 1.17 bits per heavy atom. The van der Waals surface area contributed by atoms with Crippen LogP contribution in [0.2, 0.25) is 0 Å². The number of likely N-dealkylation sites (tertiary alicyclic amines) is 1. The van der Waals surface area contributed by atoms with E-state index in [1.54, 1.807) is 17.1 Å². The summed E-state index contributed by atoms with van der Waals surface area (Å²) in [5, 5.41) is 4.65. The Kier molecular flexibility index (Phi) is 5.22. The molecule has 7 nitrogen and oxygen atoms in total. The van der Waals surface area contributed by atoms with Crippen LogP contribution in [0.15, 0.2) is 30.6 Å². The molecule has 0 bridgehead atoms. The molecule has 0 aliphatic carbocycles. The van der Waals surface area contributed by atoms with Crippen molar-refractivity contribution in [1.82, 2.24) is 24.6 Å². The Balaban J connectivity index is 1.40. The maximum Gasteiger partial charge on any atom is 0.263 e. The number of nitrogens with zero attached hydrogens (tertiary/aromatic N) is 5. The maximum atomic E-state index is 12.9. The van der Waals surface area contributed by atoms with Crippen molar-refractivity contribution in [2.24, 2.45) is 7.05 Å². The van der Waals surface area contributed by atoms with E-state index in [4.69, 9.17) is 4.74 Å². The van der Waals surface area contributed by atoms with E-state index >= 15 is 0 Å². The van der Waals surface area contributed by atoms with Gasteiger partial charge in [-0.2, -0.15) is 5.10 Å². The minimum atomic E-state index is -0.505. The lowest BCUT2D eigenvalue weighted by molar-refractivity contribution is -0.139. The second-order valence-corrected chi connectivity index (χ2v) is 7.87. The molecule has 29 heavy (non-hydrogen) atoms. The molecule has 3 aromatic rings. The van der Waals surface area contributed by atoms with E-state index in [1.165, 1.54) is 5.56 Å². The monoisotopic (exact) mass is 393 g/mol. The molecule has 7 heteroatoms. The van der Waals surface area contributed by atoms with Gasteiger partial charge in [-0.15, -0.1) is 0 Å². The number of benzene rings is 1. The van der Waals surface area contributed by atoms with E-state index in [9.17, 15) is 4.79 Å². The summed E-state index contributed by atoms with van der Waals surface area (Å²) in [5.41, 5.74) is 4.89. The van der Waals surface area contributed by atoms with Crippen LogP contribution in [0, 0.1) is 13.8 Å². The van der Waals surface area contributed by atoms with E-state index in [1.807, 2.05) is 44.9 Å². The first kappa shape index (κ1) is 19.4. The fourth-order valence-electron chi connectivity index (χ4n) is 4.08. The summed E-state index contributed by atoms with van der Waals surface area (Å²) in [5.74, 6) is 1.09. The summed E-state index contributed by atoms with van der Waals surface area (Å²) in [7, 11) is 1.89. The molecule has 0 spiro atoms. The van der Waals surface area contributed by atoms with Gasteiger partial charge in [0.25, 0.3) is 5.91 Å². The first-order valence-electron chi connectivity index (χ1n) is 10.1. The number of carbonyl (C=O) groups is 1. The summed E-state index contributed by atoms with van der Waals surface area (Å²) in [6.07, 6.45) is 4.62. The third-order valence-electron chi connectivity index (χ3n) is 5.66. The van der Waals surface area contributed by atoms with Crippen molar-refractivity contribution in [2.75, 3.05) is 13.1 Å². The summed E-state index contributed by atoms with van der Waals surface area (Å²) in [6.45, 7) is 7.28. The number of amides is 1. The third-order valence-corrected chi connectivity index (χ3v) is 5.66. The Hall–Kier alpha value is -2.96. The average Bonchev–Trinajstić information content (AvgIpc) is 3.06. The standard InChI is InChI=1S/C22H27N5O2/c1-14-5-6-18(15(2)13-14)29-16(3)22(28)27-11-7-17(8-12-27)19-20-21(26(4)25-19)24-10-9-23-20/h5-6,9-10,13,16-17H,7-8,11-12H2,1-4H3/t16-/m1/s1. The lowest BCUT2D eigenvalue weighted by Crippen LogP contribution is -2.44. The van der Waals surface area contributed by atoms with E-state index in [0.29, 0.717) is 13.1 Å².